The van der Waals surface area contributed by atoms with Crippen LogP contribution < -0.4 is 10.2 Å². The van der Waals surface area contributed by atoms with Crippen molar-refractivity contribution in [2.45, 2.75) is 32.6 Å². The van der Waals surface area contributed by atoms with Crippen LogP contribution in [0.2, 0.25) is 0 Å². The Morgan fingerprint density at radius 3 is 2.30 bits per heavy atom. The molecule has 0 aliphatic carbocycles. The summed E-state index contributed by atoms with van der Waals surface area (Å²) in [6.45, 7) is 9.84. The number of hydrogen-bond acceptors (Lipinski definition) is 5. The van der Waals surface area contributed by atoms with Gasteiger partial charge in [-0.1, -0.05) is 19.9 Å². The van der Waals surface area contributed by atoms with Crippen LogP contribution in [0.1, 0.15) is 33.4 Å². The first-order valence-corrected chi connectivity index (χ1v) is 11.6. The number of rotatable bonds is 10. The van der Waals surface area contributed by atoms with Crippen molar-refractivity contribution in [3.05, 3.63) is 54.4 Å². The summed E-state index contributed by atoms with van der Waals surface area (Å²) in [5.74, 6) is -0.355. The molecule has 0 bridgehead atoms. The number of benzene rings is 1. The summed E-state index contributed by atoms with van der Waals surface area (Å²) in [6.07, 6.45) is 4.65. The molecule has 0 fully saturated rings. The second-order valence-electron chi connectivity index (χ2n) is 6.52. The third kappa shape index (κ3) is 5.67. The molecule has 1 aromatic carbocycles. The van der Waals surface area contributed by atoms with E-state index < -0.39 is 10.0 Å². The van der Waals surface area contributed by atoms with Gasteiger partial charge in [0.05, 0.1) is 22.0 Å². The van der Waals surface area contributed by atoms with Crippen LogP contribution >= 0.6 is 0 Å². The first kappa shape index (κ1) is 23.6. The zero-order valence-corrected chi connectivity index (χ0v) is 18.8. The van der Waals surface area contributed by atoms with Gasteiger partial charge >= 0.3 is 0 Å². The van der Waals surface area contributed by atoms with Crippen molar-refractivity contribution in [3.63, 3.8) is 0 Å². The van der Waals surface area contributed by atoms with Gasteiger partial charge in [-0.05, 0) is 50.3 Å². The summed E-state index contributed by atoms with van der Waals surface area (Å²) in [6, 6.07) is 10.3. The molecule has 1 heterocycles. The molecule has 0 atom stereocenters. The Morgan fingerprint density at radius 2 is 1.73 bits per heavy atom. The first-order chi connectivity index (χ1) is 14.4. The molecule has 0 unspecified atom stereocenters. The second-order valence-corrected chi connectivity index (χ2v) is 8.46. The molecule has 0 spiro atoms. The minimum absolute atomic E-state index is 0.158. The number of sulfonamides is 1. The van der Waals surface area contributed by atoms with Gasteiger partial charge in [0.1, 0.15) is 0 Å². The average Bonchev–Trinajstić information content (AvgIpc) is 2.75. The minimum Gasteiger partial charge on any atom is -0.370 e. The molecular weight excluding hydrogens is 400 g/mol. The zero-order valence-electron chi connectivity index (χ0n) is 18.0. The van der Waals surface area contributed by atoms with Gasteiger partial charge in [-0.25, -0.2) is 8.42 Å². The Bertz CT molecular complexity index is 967. The van der Waals surface area contributed by atoms with Crippen molar-refractivity contribution in [1.82, 2.24) is 9.29 Å². The van der Waals surface area contributed by atoms with E-state index in [2.05, 4.69) is 15.2 Å². The third-order valence-corrected chi connectivity index (χ3v) is 6.81. The highest BCUT2D eigenvalue weighted by Gasteiger charge is 2.23. The Kier molecular flexibility index (Phi) is 8.56. The fraction of sp³-hybridized carbons (Fsp3) is 0.364. The number of pyridine rings is 1. The minimum atomic E-state index is -3.64. The molecule has 1 N–H and O–H groups in total. The lowest BCUT2D eigenvalue weighted by molar-refractivity contribution is -0.111. The van der Waals surface area contributed by atoms with Crippen LogP contribution in [-0.2, 0) is 14.8 Å². The van der Waals surface area contributed by atoms with Crippen molar-refractivity contribution in [1.29, 1.82) is 0 Å². The second kappa shape index (κ2) is 10.9. The van der Waals surface area contributed by atoms with Crippen molar-refractivity contribution in [3.8, 4) is 0 Å². The third-order valence-electron chi connectivity index (χ3n) is 4.77. The van der Waals surface area contributed by atoms with Crippen LogP contribution in [0.15, 0.2) is 53.6 Å². The van der Waals surface area contributed by atoms with Gasteiger partial charge in [-0.2, -0.15) is 4.31 Å². The molecule has 2 aromatic rings. The normalized spacial score (nSPS) is 11.8. The Morgan fingerprint density at radius 1 is 1.03 bits per heavy atom. The van der Waals surface area contributed by atoms with Gasteiger partial charge in [0.25, 0.3) is 0 Å². The van der Waals surface area contributed by atoms with Crippen LogP contribution in [0.4, 0.5) is 11.4 Å². The van der Waals surface area contributed by atoms with Gasteiger partial charge in [-0.15, -0.1) is 0 Å². The summed E-state index contributed by atoms with van der Waals surface area (Å²) in [7, 11) is -3.64. The molecule has 0 saturated heterocycles. The van der Waals surface area contributed by atoms with Gasteiger partial charge in [0, 0.05) is 38.5 Å². The summed E-state index contributed by atoms with van der Waals surface area (Å²) in [5.41, 5.74) is 1.90. The number of nitrogens with one attached hydrogen (secondary N) is 1. The van der Waals surface area contributed by atoms with Crippen LogP contribution in [0, 0.1) is 0 Å². The lowest BCUT2D eigenvalue weighted by Crippen LogP contribution is -2.31. The summed E-state index contributed by atoms with van der Waals surface area (Å²) in [4.78, 5) is 18.9. The number of carbonyl (C=O) groups excluding carboxylic acids is 1. The highest BCUT2D eigenvalue weighted by molar-refractivity contribution is 7.89. The van der Waals surface area contributed by atoms with E-state index in [0.717, 1.165) is 18.8 Å². The average molecular weight is 431 g/mol. The predicted molar refractivity (Wildman–Crippen MR) is 122 cm³/mol. The van der Waals surface area contributed by atoms with E-state index >= 15 is 0 Å². The van der Waals surface area contributed by atoms with E-state index in [1.807, 2.05) is 19.9 Å². The first-order valence-electron chi connectivity index (χ1n) is 10.2. The largest absolute Gasteiger partial charge is 0.370 e. The van der Waals surface area contributed by atoms with E-state index in [-0.39, 0.29) is 10.8 Å². The van der Waals surface area contributed by atoms with Gasteiger partial charge < -0.3 is 10.2 Å². The molecule has 0 aliphatic heterocycles. The maximum absolute atomic E-state index is 12.9. The number of aromatic nitrogens is 1. The number of amides is 1. The molecule has 0 aliphatic rings. The Labute approximate surface area is 179 Å². The zero-order chi connectivity index (χ0) is 22.1. The standard InChI is InChI=1S/C22H30N4O3S/c1-5-25(6-2)21-14-13-19(30(28,29)26(7-3)8-4)17-20(21)24-22(27)15-12-18-11-9-10-16-23-18/h9-17H,5-8H2,1-4H3,(H,24,27)/b15-12+. The smallest absolute Gasteiger partial charge is 0.248 e. The van der Waals surface area contributed by atoms with E-state index in [9.17, 15) is 13.2 Å². The fourth-order valence-corrected chi connectivity index (χ4v) is 4.62. The molecule has 1 aromatic heterocycles. The molecule has 8 heteroatoms. The fourth-order valence-electron chi connectivity index (χ4n) is 3.14. The highest BCUT2D eigenvalue weighted by Crippen LogP contribution is 2.30. The molecular formula is C22H30N4O3S. The molecule has 7 nitrogen and oxygen atoms in total. The van der Waals surface area contributed by atoms with Crippen molar-refractivity contribution in [2.24, 2.45) is 0 Å². The van der Waals surface area contributed by atoms with Gasteiger partial charge in [0.15, 0.2) is 0 Å². The summed E-state index contributed by atoms with van der Waals surface area (Å²) < 4.78 is 27.3. The number of anilines is 2. The number of hydrogen-bond donors (Lipinski definition) is 1. The molecule has 0 radical (unpaired) electrons. The lowest BCUT2D eigenvalue weighted by atomic mass is 10.2. The topological polar surface area (TPSA) is 82.6 Å². The van der Waals surface area contributed by atoms with Gasteiger partial charge in [0.2, 0.25) is 15.9 Å². The SMILES string of the molecule is CCN(CC)c1ccc(S(=O)(=O)N(CC)CC)cc1NC(=O)/C=C/c1ccccn1. The van der Waals surface area contributed by atoms with Crippen LogP contribution in [0.5, 0.6) is 0 Å². The summed E-state index contributed by atoms with van der Waals surface area (Å²) >= 11 is 0. The van der Waals surface area contributed by atoms with E-state index in [1.165, 1.54) is 16.4 Å². The van der Waals surface area contributed by atoms with Gasteiger partial charge in [-0.3, -0.25) is 9.78 Å². The van der Waals surface area contributed by atoms with Crippen LogP contribution in [-0.4, -0.2) is 49.8 Å². The molecule has 162 valence electrons. The number of nitrogens with zero attached hydrogens (tertiary/aromatic N) is 3. The highest BCUT2D eigenvalue weighted by atomic mass is 32.2. The van der Waals surface area contributed by atoms with E-state index in [4.69, 9.17) is 0 Å². The quantitative estimate of drug-likeness (QED) is 0.582. The van der Waals surface area contributed by atoms with Crippen LogP contribution in [0.3, 0.4) is 0 Å². The lowest BCUT2D eigenvalue weighted by Gasteiger charge is -2.25. The number of carbonyl (C=O) groups is 1. The Balaban J connectivity index is 2.40. The van der Waals surface area contributed by atoms with Crippen molar-refractivity contribution >= 4 is 33.4 Å². The maximum atomic E-state index is 12.9. The van der Waals surface area contributed by atoms with Crippen LogP contribution in [0.25, 0.3) is 6.08 Å². The monoisotopic (exact) mass is 430 g/mol. The molecule has 0 saturated carbocycles. The van der Waals surface area contributed by atoms with Crippen molar-refractivity contribution < 1.29 is 13.2 Å². The van der Waals surface area contributed by atoms with E-state index in [0.29, 0.717) is 24.5 Å². The predicted octanol–water partition coefficient (Wildman–Crippen LogP) is 3.61. The Hall–Kier alpha value is -2.71. The maximum Gasteiger partial charge on any atom is 0.248 e. The molecule has 1 amide bonds. The van der Waals surface area contributed by atoms with E-state index in [1.54, 1.807) is 50.4 Å². The summed E-state index contributed by atoms with van der Waals surface area (Å²) in [5, 5.41) is 2.84. The molecule has 30 heavy (non-hydrogen) atoms. The molecule has 2 rings (SSSR count). The van der Waals surface area contributed by atoms with Crippen molar-refractivity contribution in [2.75, 3.05) is 36.4 Å².